The molecule has 0 aliphatic carbocycles. The fourth-order valence-electron chi connectivity index (χ4n) is 3.76. The SMILES string of the molecule is C=C(O)[C@H]1C(=O)Nc2c(C)nc(NCc3cnn(Cc4ccc(C(F)(F)F)nc4C)c3)nc2N1C. The summed E-state index contributed by atoms with van der Waals surface area (Å²) in [5.41, 5.74) is 1.77. The molecule has 10 nitrogen and oxygen atoms in total. The van der Waals surface area contributed by atoms with E-state index in [2.05, 4.69) is 37.3 Å². The quantitative estimate of drug-likeness (QED) is 0.453. The highest BCUT2D eigenvalue weighted by atomic mass is 19.4. The van der Waals surface area contributed by atoms with Crippen molar-refractivity contribution < 1.29 is 23.1 Å². The fraction of sp³-hybridized carbons (Fsp3) is 0.318. The maximum absolute atomic E-state index is 12.8. The van der Waals surface area contributed by atoms with Gasteiger partial charge in [0.25, 0.3) is 5.91 Å². The Bertz CT molecular complexity index is 1300. The zero-order valence-corrected chi connectivity index (χ0v) is 19.2. The van der Waals surface area contributed by atoms with Gasteiger partial charge in [0.05, 0.1) is 18.4 Å². The van der Waals surface area contributed by atoms with Crippen LogP contribution in [0.15, 0.2) is 36.9 Å². The van der Waals surface area contributed by atoms with Gasteiger partial charge in [-0.15, -0.1) is 0 Å². The van der Waals surface area contributed by atoms with Crippen LogP contribution in [0.4, 0.5) is 30.6 Å². The van der Waals surface area contributed by atoms with Crippen LogP contribution in [-0.4, -0.2) is 48.8 Å². The number of likely N-dealkylation sites (N-methyl/N-ethyl adjacent to an activating group) is 1. The first kappa shape index (κ1) is 24.0. The number of fused-ring (bicyclic) bond motifs is 1. The second-order valence-electron chi connectivity index (χ2n) is 8.16. The van der Waals surface area contributed by atoms with E-state index < -0.39 is 23.8 Å². The number of hydrogen-bond acceptors (Lipinski definition) is 8. The molecule has 3 aromatic heterocycles. The molecule has 0 aromatic carbocycles. The molecular weight excluding hydrogens is 465 g/mol. The van der Waals surface area contributed by atoms with Crippen LogP contribution in [0.5, 0.6) is 0 Å². The Balaban J connectivity index is 1.46. The molecule has 1 atom stereocenters. The lowest BCUT2D eigenvalue weighted by Crippen LogP contribution is -2.47. The number of aromatic nitrogens is 5. The van der Waals surface area contributed by atoms with E-state index in [1.807, 2.05) is 0 Å². The van der Waals surface area contributed by atoms with Gasteiger partial charge >= 0.3 is 6.18 Å². The van der Waals surface area contributed by atoms with Gasteiger partial charge in [0.2, 0.25) is 5.95 Å². The summed E-state index contributed by atoms with van der Waals surface area (Å²) >= 11 is 0. The van der Waals surface area contributed by atoms with Crippen molar-refractivity contribution in [3.05, 3.63) is 65.1 Å². The maximum atomic E-state index is 12.8. The first-order chi connectivity index (χ1) is 16.4. The minimum atomic E-state index is -4.49. The number of nitrogens with one attached hydrogen (secondary N) is 2. The number of nitrogens with zero attached hydrogens (tertiary/aromatic N) is 6. The van der Waals surface area contributed by atoms with Gasteiger partial charge in [-0.3, -0.25) is 9.48 Å². The van der Waals surface area contributed by atoms with Crippen molar-refractivity contribution in [2.75, 3.05) is 22.6 Å². The summed E-state index contributed by atoms with van der Waals surface area (Å²) in [4.78, 5) is 26.3. The van der Waals surface area contributed by atoms with E-state index in [1.54, 1.807) is 31.0 Å². The van der Waals surface area contributed by atoms with Crippen LogP contribution in [0.2, 0.25) is 0 Å². The number of hydrogen-bond donors (Lipinski definition) is 3. The lowest BCUT2D eigenvalue weighted by molar-refractivity contribution is -0.141. The average Bonchev–Trinajstić information content (AvgIpc) is 3.21. The molecule has 0 radical (unpaired) electrons. The number of pyridine rings is 1. The van der Waals surface area contributed by atoms with E-state index >= 15 is 0 Å². The number of carbonyl (C=O) groups is 1. The van der Waals surface area contributed by atoms with Gasteiger partial charge in [-0.2, -0.15) is 23.3 Å². The molecule has 0 saturated heterocycles. The number of anilines is 3. The molecule has 0 unspecified atom stereocenters. The topological polar surface area (TPSA) is 121 Å². The Morgan fingerprint density at radius 3 is 2.63 bits per heavy atom. The highest BCUT2D eigenvalue weighted by molar-refractivity contribution is 6.04. The minimum Gasteiger partial charge on any atom is -0.510 e. The van der Waals surface area contributed by atoms with E-state index in [0.29, 0.717) is 35.3 Å². The Labute approximate surface area is 198 Å². The monoisotopic (exact) mass is 488 g/mol. The van der Waals surface area contributed by atoms with Crippen molar-refractivity contribution in [2.24, 2.45) is 0 Å². The van der Waals surface area contributed by atoms with E-state index in [4.69, 9.17) is 0 Å². The molecule has 1 amide bonds. The summed E-state index contributed by atoms with van der Waals surface area (Å²) in [5, 5.41) is 19.9. The third-order valence-corrected chi connectivity index (χ3v) is 5.56. The number of carbonyl (C=O) groups excluding carboxylic acids is 1. The molecular formula is C22H23F3N8O2. The van der Waals surface area contributed by atoms with Gasteiger partial charge < -0.3 is 20.6 Å². The largest absolute Gasteiger partial charge is 0.510 e. The van der Waals surface area contributed by atoms with Crippen LogP contribution in [0.1, 0.15) is 28.2 Å². The van der Waals surface area contributed by atoms with Crippen molar-refractivity contribution in [3.63, 3.8) is 0 Å². The number of rotatable bonds is 6. The van der Waals surface area contributed by atoms with Crippen LogP contribution >= 0.6 is 0 Å². The normalized spacial score (nSPS) is 15.5. The van der Waals surface area contributed by atoms with E-state index in [0.717, 1.165) is 11.6 Å². The molecule has 4 heterocycles. The molecule has 0 spiro atoms. The third kappa shape index (κ3) is 4.88. The van der Waals surface area contributed by atoms with E-state index in [-0.39, 0.29) is 18.0 Å². The molecule has 1 aliphatic heterocycles. The summed E-state index contributed by atoms with van der Waals surface area (Å²) in [6, 6.07) is 1.39. The molecule has 13 heteroatoms. The van der Waals surface area contributed by atoms with Crippen molar-refractivity contribution >= 4 is 23.4 Å². The number of aliphatic hydroxyl groups is 1. The van der Waals surface area contributed by atoms with Gasteiger partial charge in [0.1, 0.15) is 17.1 Å². The molecule has 184 valence electrons. The molecule has 0 saturated carbocycles. The lowest BCUT2D eigenvalue weighted by atomic mass is 10.1. The van der Waals surface area contributed by atoms with E-state index in [1.165, 1.54) is 17.9 Å². The van der Waals surface area contributed by atoms with Gasteiger partial charge in [-0.25, -0.2) is 9.97 Å². The standard InChI is InChI=1S/C22H23F3N8O2/c1-11-15(5-6-16(28-11)22(23,24)25)10-33-9-14(8-27-33)7-26-21-29-12(2)17-19(31-21)32(4)18(13(3)34)20(35)30-17/h5-6,8-9,18,34H,3,7,10H2,1-2,4H3,(H,30,35)(H,26,29,31)/t18-/m0/s1. The average molecular weight is 488 g/mol. The Kier molecular flexibility index (Phi) is 6.09. The second-order valence-corrected chi connectivity index (χ2v) is 8.16. The van der Waals surface area contributed by atoms with E-state index in [9.17, 15) is 23.1 Å². The highest BCUT2D eigenvalue weighted by Crippen LogP contribution is 2.33. The third-order valence-electron chi connectivity index (χ3n) is 5.56. The Hall–Kier alpha value is -4.16. The number of alkyl halides is 3. The molecule has 0 bridgehead atoms. The second kappa shape index (κ2) is 8.89. The van der Waals surface area contributed by atoms with Gasteiger partial charge in [-0.05, 0) is 25.5 Å². The number of aliphatic hydroxyl groups excluding tert-OH is 1. The summed E-state index contributed by atoms with van der Waals surface area (Å²) < 4.78 is 40.1. The Morgan fingerprint density at radius 2 is 1.97 bits per heavy atom. The first-order valence-corrected chi connectivity index (χ1v) is 10.5. The minimum absolute atomic E-state index is 0.266. The smallest absolute Gasteiger partial charge is 0.433 e. The molecule has 0 fully saturated rings. The fourth-order valence-corrected chi connectivity index (χ4v) is 3.76. The zero-order chi connectivity index (χ0) is 25.5. The highest BCUT2D eigenvalue weighted by Gasteiger charge is 2.35. The summed E-state index contributed by atoms with van der Waals surface area (Å²) in [6.45, 7) is 7.31. The summed E-state index contributed by atoms with van der Waals surface area (Å²) in [7, 11) is 1.63. The van der Waals surface area contributed by atoms with Crippen molar-refractivity contribution in [2.45, 2.75) is 39.2 Å². The van der Waals surface area contributed by atoms with Crippen LogP contribution in [0.3, 0.4) is 0 Å². The first-order valence-electron chi connectivity index (χ1n) is 10.5. The zero-order valence-electron chi connectivity index (χ0n) is 19.2. The summed E-state index contributed by atoms with van der Waals surface area (Å²) in [5.74, 6) is 0.0148. The van der Waals surface area contributed by atoms with Gasteiger partial charge in [0.15, 0.2) is 11.9 Å². The number of halogens is 3. The van der Waals surface area contributed by atoms with Crippen LogP contribution < -0.4 is 15.5 Å². The predicted molar refractivity (Wildman–Crippen MR) is 122 cm³/mol. The summed E-state index contributed by atoms with van der Waals surface area (Å²) in [6.07, 6.45) is -1.10. The van der Waals surface area contributed by atoms with Gasteiger partial charge in [-0.1, -0.05) is 12.6 Å². The van der Waals surface area contributed by atoms with Gasteiger partial charge in [0, 0.05) is 31.0 Å². The van der Waals surface area contributed by atoms with Crippen LogP contribution in [0.25, 0.3) is 0 Å². The molecule has 4 rings (SSSR count). The number of amides is 1. The predicted octanol–water partition coefficient (Wildman–Crippen LogP) is 3.19. The molecule has 35 heavy (non-hydrogen) atoms. The molecule has 3 aromatic rings. The van der Waals surface area contributed by atoms with Crippen LogP contribution in [-0.2, 0) is 24.1 Å². The van der Waals surface area contributed by atoms with Crippen molar-refractivity contribution in [1.82, 2.24) is 24.7 Å². The van der Waals surface area contributed by atoms with Crippen molar-refractivity contribution in [1.29, 1.82) is 0 Å². The van der Waals surface area contributed by atoms with Crippen molar-refractivity contribution in [3.8, 4) is 0 Å². The lowest BCUT2D eigenvalue weighted by Gasteiger charge is -2.34. The number of aryl methyl sites for hydroxylation is 2. The maximum Gasteiger partial charge on any atom is 0.433 e. The molecule has 1 aliphatic rings. The van der Waals surface area contributed by atoms with Crippen LogP contribution in [0, 0.1) is 13.8 Å². The molecule has 3 N–H and O–H groups in total. The Morgan fingerprint density at radius 1 is 1.23 bits per heavy atom.